The van der Waals surface area contributed by atoms with Crippen molar-refractivity contribution in [3.63, 3.8) is 0 Å². The van der Waals surface area contributed by atoms with E-state index >= 15 is 0 Å². The van der Waals surface area contributed by atoms with Gasteiger partial charge in [0.2, 0.25) is 0 Å². The van der Waals surface area contributed by atoms with Crippen LogP contribution in [0.1, 0.15) is 26.2 Å². The number of fused-ring (bicyclic) bond motifs is 1. The molecule has 2 aliphatic rings. The van der Waals surface area contributed by atoms with Gasteiger partial charge in [0.15, 0.2) is 0 Å². The molecule has 1 saturated carbocycles. The van der Waals surface area contributed by atoms with Gasteiger partial charge in [0.05, 0.1) is 0 Å². The van der Waals surface area contributed by atoms with E-state index < -0.39 is 0 Å². The normalized spacial score (nSPS) is 36.3. The fourth-order valence-corrected chi connectivity index (χ4v) is 2.03. The van der Waals surface area contributed by atoms with Gasteiger partial charge in [-0.15, -0.1) is 0 Å². The van der Waals surface area contributed by atoms with Crippen molar-refractivity contribution < 1.29 is 0 Å². The van der Waals surface area contributed by atoms with Gasteiger partial charge in [-0.25, -0.2) is 0 Å². The van der Waals surface area contributed by atoms with Crippen molar-refractivity contribution in [1.29, 1.82) is 0 Å². The Hall–Kier alpha value is -0.520. The molecule has 0 bridgehead atoms. The Kier molecular flexibility index (Phi) is 1.85. The van der Waals surface area contributed by atoms with E-state index in [9.17, 15) is 0 Å². The fraction of sp³-hybridized carbons (Fsp3) is 0.545. The van der Waals surface area contributed by atoms with Gasteiger partial charge in [-0.3, -0.25) is 0 Å². The molecule has 2 unspecified atom stereocenters. The second kappa shape index (κ2) is 2.84. The van der Waals surface area contributed by atoms with Gasteiger partial charge < -0.3 is 0 Å². The van der Waals surface area contributed by atoms with E-state index in [0.29, 0.717) is 5.92 Å². The average molecular weight is 146 g/mol. The third kappa shape index (κ3) is 1.26. The van der Waals surface area contributed by atoms with Crippen LogP contribution in [-0.2, 0) is 0 Å². The first-order valence-electron chi connectivity index (χ1n) is 4.48. The molecule has 0 heteroatoms. The van der Waals surface area contributed by atoms with Crippen LogP contribution in [0.5, 0.6) is 0 Å². The van der Waals surface area contributed by atoms with Gasteiger partial charge in [-0.2, -0.15) is 0 Å². The van der Waals surface area contributed by atoms with Crippen molar-refractivity contribution in [3.05, 3.63) is 30.2 Å². The maximum Gasteiger partial charge on any atom is -0.00926 e. The third-order valence-electron chi connectivity index (χ3n) is 2.75. The second-order valence-electron chi connectivity index (χ2n) is 3.50. The van der Waals surface area contributed by atoms with E-state index in [4.69, 9.17) is 0 Å². The fourth-order valence-electron chi connectivity index (χ4n) is 2.03. The highest BCUT2D eigenvalue weighted by Gasteiger charge is 2.26. The van der Waals surface area contributed by atoms with Crippen molar-refractivity contribution in [2.45, 2.75) is 26.2 Å². The molecular formula is C11H14. The van der Waals surface area contributed by atoms with Crippen LogP contribution in [0.3, 0.4) is 0 Å². The molecule has 0 saturated heterocycles. The van der Waals surface area contributed by atoms with E-state index in [1.165, 1.54) is 19.3 Å². The molecule has 2 aliphatic carbocycles. The molecule has 0 nitrogen and oxygen atoms in total. The summed E-state index contributed by atoms with van der Waals surface area (Å²) in [5, 5.41) is 0. The van der Waals surface area contributed by atoms with E-state index in [1.807, 2.05) is 0 Å². The molecule has 0 amide bonds. The molecule has 2 rings (SSSR count). The summed E-state index contributed by atoms with van der Waals surface area (Å²) < 4.78 is 0. The van der Waals surface area contributed by atoms with Gasteiger partial charge in [0, 0.05) is 0 Å². The topological polar surface area (TPSA) is 0 Å². The summed E-state index contributed by atoms with van der Waals surface area (Å²) in [5.74, 6) is 1.43. The monoisotopic (exact) mass is 146 g/mol. The smallest absolute Gasteiger partial charge is 0.00926 e. The van der Waals surface area contributed by atoms with Crippen LogP contribution >= 0.6 is 0 Å². The Morgan fingerprint density at radius 3 is 3.36 bits per heavy atom. The van der Waals surface area contributed by atoms with Crippen LogP contribution < -0.4 is 0 Å². The van der Waals surface area contributed by atoms with Crippen molar-refractivity contribution in [2.24, 2.45) is 11.8 Å². The summed E-state index contributed by atoms with van der Waals surface area (Å²) in [7, 11) is 0. The van der Waals surface area contributed by atoms with Crippen LogP contribution in [0.15, 0.2) is 23.8 Å². The maximum absolute atomic E-state index is 3.49. The van der Waals surface area contributed by atoms with Crippen LogP contribution in [-0.4, -0.2) is 0 Å². The second-order valence-corrected chi connectivity index (χ2v) is 3.50. The predicted molar refractivity (Wildman–Crippen MR) is 47.0 cm³/mol. The minimum absolute atomic E-state index is 0.614. The molecule has 2 radical (unpaired) electrons. The summed E-state index contributed by atoms with van der Waals surface area (Å²) in [6.45, 7) is 2.25. The molecule has 0 N–H and O–H groups in total. The SMILES string of the molecule is CC1[C]CC2CCC=CC=C12. The highest BCUT2D eigenvalue weighted by atomic mass is 14.3. The van der Waals surface area contributed by atoms with Gasteiger partial charge in [0.25, 0.3) is 0 Å². The Morgan fingerprint density at radius 2 is 2.45 bits per heavy atom. The molecule has 11 heavy (non-hydrogen) atoms. The number of hydrogen-bond donors (Lipinski definition) is 0. The minimum Gasteiger partial charge on any atom is -0.0845 e. The molecular weight excluding hydrogens is 132 g/mol. The lowest BCUT2D eigenvalue weighted by molar-refractivity contribution is 0.597. The first kappa shape index (κ1) is 7.15. The summed E-state index contributed by atoms with van der Waals surface area (Å²) in [4.78, 5) is 0. The van der Waals surface area contributed by atoms with Gasteiger partial charge in [0.1, 0.15) is 0 Å². The van der Waals surface area contributed by atoms with Crippen LogP contribution in [0.2, 0.25) is 0 Å². The Balaban J connectivity index is 2.21. The average Bonchev–Trinajstić information content (AvgIpc) is 2.25. The molecule has 0 heterocycles. The standard InChI is InChI=1S/C11H14/c1-9-7-8-10-5-3-2-4-6-11(9)10/h2,4,6,9-10H,3,5,8H2,1H3. The summed E-state index contributed by atoms with van der Waals surface area (Å²) in [5.41, 5.74) is 1.61. The van der Waals surface area contributed by atoms with Gasteiger partial charge >= 0.3 is 0 Å². The first-order chi connectivity index (χ1) is 5.38. The van der Waals surface area contributed by atoms with Crippen LogP contribution in [0.25, 0.3) is 0 Å². The summed E-state index contributed by atoms with van der Waals surface area (Å²) in [6.07, 6.45) is 14.0. The van der Waals surface area contributed by atoms with Crippen molar-refractivity contribution in [2.75, 3.05) is 0 Å². The lowest BCUT2D eigenvalue weighted by atomic mass is 9.95. The minimum atomic E-state index is 0.614. The largest absolute Gasteiger partial charge is 0.0845 e. The number of rotatable bonds is 0. The highest BCUT2D eigenvalue weighted by Crippen LogP contribution is 2.39. The zero-order valence-corrected chi connectivity index (χ0v) is 7.01. The molecule has 0 aromatic heterocycles. The summed E-state index contributed by atoms with van der Waals surface area (Å²) >= 11 is 0. The van der Waals surface area contributed by atoms with Crippen molar-refractivity contribution >= 4 is 0 Å². The Labute approximate surface area is 69.0 Å². The van der Waals surface area contributed by atoms with Crippen molar-refractivity contribution in [3.8, 4) is 0 Å². The molecule has 0 aromatic carbocycles. The number of allylic oxidation sites excluding steroid dienone is 4. The Bertz CT molecular complexity index is 198. The lowest BCUT2D eigenvalue weighted by Gasteiger charge is -2.10. The molecule has 0 aromatic rings. The Morgan fingerprint density at radius 1 is 1.55 bits per heavy atom. The quantitative estimate of drug-likeness (QED) is 0.493. The van der Waals surface area contributed by atoms with Crippen LogP contribution in [0, 0.1) is 18.3 Å². The highest BCUT2D eigenvalue weighted by molar-refractivity contribution is 5.26. The molecule has 1 fully saturated rings. The van der Waals surface area contributed by atoms with E-state index in [2.05, 4.69) is 31.6 Å². The third-order valence-corrected chi connectivity index (χ3v) is 2.75. The van der Waals surface area contributed by atoms with Gasteiger partial charge in [-0.1, -0.05) is 30.7 Å². The van der Waals surface area contributed by atoms with E-state index in [0.717, 1.165) is 5.92 Å². The molecule has 0 spiro atoms. The molecule has 2 atom stereocenters. The predicted octanol–water partition coefficient (Wildman–Crippen LogP) is 3.00. The lowest BCUT2D eigenvalue weighted by Crippen LogP contribution is -1.97. The van der Waals surface area contributed by atoms with Gasteiger partial charge in [-0.05, 0) is 37.5 Å². The van der Waals surface area contributed by atoms with E-state index in [-0.39, 0.29) is 0 Å². The first-order valence-corrected chi connectivity index (χ1v) is 4.48. The maximum atomic E-state index is 3.49. The van der Waals surface area contributed by atoms with E-state index in [1.54, 1.807) is 5.57 Å². The zero-order chi connectivity index (χ0) is 7.68. The summed E-state index contributed by atoms with van der Waals surface area (Å²) in [6, 6.07) is 0. The number of hydrogen-bond acceptors (Lipinski definition) is 0. The molecule has 58 valence electrons. The zero-order valence-electron chi connectivity index (χ0n) is 7.01. The van der Waals surface area contributed by atoms with Crippen molar-refractivity contribution in [1.82, 2.24) is 0 Å². The van der Waals surface area contributed by atoms with Crippen LogP contribution in [0.4, 0.5) is 0 Å². The molecule has 0 aliphatic heterocycles.